The van der Waals surface area contributed by atoms with Gasteiger partial charge in [0, 0.05) is 8.88 Å². The molecule has 15 heavy (non-hydrogen) atoms. The molecule has 1 saturated heterocycles. The van der Waals surface area contributed by atoms with Gasteiger partial charge < -0.3 is 4.84 Å². The molecular weight excluding hydrogens is 272 g/mol. The summed E-state index contributed by atoms with van der Waals surface area (Å²) in [5.74, 6) is 0.734. The fraction of sp³-hybridized carbons (Fsp3) is 0. The zero-order valence-electron chi connectivity index (χ0n) is 7.59. The van der Waals surface area contributed by atoms with Gasteiger partial charge in [0.05, 0.1) is 0 Å². The Labute approximate surface area is 97.1 Å². The van der Waals surface area contributed by atoms with E-state index in [1.165, 1.54) is 0 Å². The molecule has 1 aromatic rings. The van der Waals surface area contributed by atoms with Gasteiger partial charge in [0.15, 0.2) is 15.9 Å². The third kappa shape index (κ3) is 3.20. The molecule has 0 bridgehead atoms. The summed E-state index contributed by atoms with van der Waals surface area (Å²) in [7, 11) is -1.65. The van der Waals surface area contributed by atoms with Gasteiger partial charge in [0.1, 0.15) is 5.75 Å². The molecule has 1 aliphatic heterocycles. The first-order valence-corrected chi connectivity index (χ1v) is 8.63. The van der Waals surface area contributed by atoms with Gasteiger partial charge in [-0.1, -0.05) is 29.4 Å². The number of halogens is 1. The van der Waals surface area contributed by atoms with Crippen LogP contribution in [0.15, 0.2) is 30.3 Å². The number of benzene rings is 1. The minimum absolute atomic E-state index is 0.388. The van der Waals surface area contributed by atoms with Crippen LogP contribution in [0.4, 0.5) is 0 Å². The third-order valence-electron chi connectivity index (χ3n) is 1.58. The molecule has 9 heteroatoms. The number of hydrogen-bond donors (Lipinski definition) is 3. The molecule has 82 valence electrons. The van der Waals surface area contributed by atoms with Gasteiger partial charge in [0.25, 0.3) is 0 Å². The Hall–Kier alpha value is 0.440. The van der Waals surface area contributed by atoms with Crippen molar-refractivity contribution >= 4 is 36.1 Å². The molecule has 3 unspecified atom stereocenters. The maximum absolute atomic E-state index is 6.09. The van der Waals surface area contributed by atoms with Crippen LogP contribution in [0.5, 0.6) is 5.75 Å². The van der Waals surface area contributed by atoms with Gasteiger partial charge >= 0.3 is 0 Å². The van der Waals surface area contributed by atoms with Crippen LogP contribution in [0.1, 0.15) is 0 Å². The van der Waals surface area contributed by atoms with E-state index >= 15 is 0 Å². The highest BCUT2D eigenvalue weighted by Crippen LogP contribution is 2.58. The van der Waals surface area contributed by atoms with Gasteiger partial charge in [0.2, 0.25) is 0 Å². The number of rotatable bonds is 2. The maximum Gasteiger partial charge on any atom is 0.185 e. The highest BCUT2D eigenvalue weighted by Gasteiger charge is 2.29. The first-order chi connectivity index (χ1) is 7.27. The molecule has 1 heterocycles. The molecule has 5 nitrogen and oxygen atoms in total. The average Bonchev–Trinajstić information content (AvgIpc) is 2.25. The summed E-state index contributed by atoms with van der Waals surface area (Å²) in [6, 6.07) is 9.45. The second-order valence-corrected chi connectivity index (χ2v) is 7.86. The van der Waals surface area contributed by atoms with Gasteiger partial charge in [-0.2, -0.15) is 0 Å². The van der Waals surface area contributed by atoms with Crippen molar-refractivity contribution in [3.8, 4) is 5.75 Å². The van der Waals surface area contributed by atoms with Crippen molar-refractivity contribution in [2.75, 3.05) is 0 Å². The first kappa shape index (κ1) is 11.9. The molecule has 1 aromatic carbocycles. The summed E-state index contributed by atoms with van der Waals surface area (Å²) in [6.45, 7) is 0. The van der Waals surface area contributed by atoms with Crippen LogP contribution in [0.3, 0.4) is 0 Å². The first-order valence-electron chi connectivity index (χ1n) is 4.07. The van der Waals surface area contributed by atoms with Crippen molar-refractivity contribution in [2.24, 2.45) is 5.50 Å². The van der Waals surface area contributed by atoms with E-state index in [4.69, 9.17) is 21.6 Å². The van der Waals surface area contributed by atoms with Crippen LogP contribution in [0, 0.1) is 0 Å². The number of para-hydroxylation sites is 1. The second kappa shape index (κ2) is 5.67. The van der Waals surface area contributed by atoms with Crippen LogP contribution in [0.25, 0.3) is 0 Å². The lowest BCUT2D eigenvalue weighted by atomic mass is 10.3. The molecule has 0 saturated carbocycles. The number of nitrogens with one attached hydrogen (secondary N) is 2. The van der Waals surface area contributed by atoms with Gasteiger partial charge in [-0.05, 0) is 16.7 Å². The predicted octanol–water partition coefficient (Wildman–Crippen LogP) is 2.64. The zero-order chi connectivity index (χ0) is 10.7. The third-order valence-corrected chi connectivity index (χ3v) is 7.57. The van der Waals surface area contributed by atoms with E-state index < -0.39 is 15.9 Å². The lowest BCUT2D eigenvalue weighted by molar-refractivity contribution is 0.140. The smallest absolute Gasteiger partial charge is 0.185 e. The molecule has 2 rings (SSSR count). The molecule has 1 fully saturated rings. The normalized spacial score (nSPS) is 29.2. The Bertz CT molecular complexity index is 309. The van der Waals surface area contributed by atoms with Crippen molar-refractivity contribution in [3.05, 3.63) is 30.3 Å². The SMILES string of the molecule is NP1NPNP(Cl)N1Oc1ccccc1. The highest BCUT2D eigenvalue weighted by atomic mass is 35.7. The minimum atomic E-state index is -1.03. The monoisotopic (exact) mass is 282 g/mol. The molecule has 0 aromatic heterocycles. The topological polar surface area (TPSA) is 62.5 Å². The molecule has 0 spiro atoms. The van der Waals surface area contributed by atoms with Crippen molar-refractivity contribution in [1.82, 2.24) is 14.3 Å². The van der Waals surface area contributed by atoms with E-state index in [0.717, 1.165) is 5.75 Å². The van der Waals surface area contributed by atoms with E-state index in [0.29, 0.717) is 8.88 Å². The van der Waals surface area contributed by atoms with Crippen LogP contribution in [0.2, 0.25) is 0 Å². The largest absolute Gasteiger partial charge is 0.394 e. The Kier molecular flexibility index (Phi) is 4.51. The van der Waals surface area contributed by atoms with Crippen molar-refractivity contribution in [1.29, 1.82) is 0 Å². The van der Waals surface area contributed by atoms with Crippen LogP contribution in [-0.2, 0) is 0 Å². The minimum Gasteiger partial charge on any atom is -0.394 e. The van der Waals surface area contributed by atoms with Crippen LogP contribution >= 0.6 is 36.1 Å². The molecule has 0 aliphatic carbocycles. The lowest BCUT2D eigenvalue weighted by Gasteiger charge is -2.34. The Morgan fingerprint density at radius 3 is 2.73 bits per heavy atom. The fourth-order valence-corrected chi connectivity index (χ4v) is 6.07. The van der Waals surface area contributed by atoms with Gasteiger partial charge in [-0.3, -0.25) is 5.50 Å². The molecule has 1 aliphatic rings. The Morgan fingerprint density at radius 2 is 2.07 bits per heavy atom. The van der Waals surface area contributed by atoms with Crippen molar-refractivity contribution in [3.63, 3.8) is 0 Å². The lowest BCUT2D eigenvalue weighted by Crippen LogP contribution is -2.30. The number of nitrogens with zero attached hydrogens (tertiary/aromatic N) is 1. The molecule has 4 N–H and O–H groups in total. The zero-order valence-corrected chi connectivity index (χ0v) is 11.1. The summed E-state index contributed by atoms with van der Waals surface area (Å²) in [4.78, 5) is 11.7. The summed E-state index contributed by atoms with van der Waals surface area (Å²) in [5.41, 5.74) is 5.87. The molecule has 3 atom stereocenters. The van der Waals surface area contributed by atoms with E-state index in [9.17, 15) is 0 Å². The summed E-state index contributed by atoms with van der Waals surface area (Å²) < 4.78 is 1.60. The molecule has 0 amide bonds. The quantitative estimate of drug-likeness (QED) is 0.728. The fourth-order valence-electron chi connectivity index (χ4n) is 0.954. The van der Waals surface area contributed by atoms with Crippen molar-refractivity contribution in [2.45, 2.75) is 0 Å². The van der Waals surface area contributed by atoms with Gasteiger partial charge in [-0.15, -0.1) is 0 Å². The summed E-state index contributed by atoms with van der Waals surface area (Å²) in [6.07, 6.45) is 0. The van der Waals surface area contributed by atoms with E-state index in [-0.39, 0.29) is 0 Å². The van der Waals surface area contributed by atoms with Crippen LogP contribution < -0.4 is 20.1 Å². The molecule has 0 radical (unpaired) electrons. The summed E-state index contributed by atoms with van der Waals surface area (Å²) >= 11 is 6.09. The molecular formula is C6H10ClN4OP3. The second-order valence-electron chi connectivity index (χ2n) is 2.61. The average molecular weight is 283 g/mol. The summed E-state index contributed by atoms with van der Waals surface area (Å²) in [5, 5.41) is 0. The highest BCUT2D eigenvalue weighted by molar-refractivity contribution is 7.91. The van der Waals surface area contributed by atoms with E-state index in [2.05, 4.69) is 9.72 Å². The standard InChI is InChI=1S/C6H10ClN4OP3/c7-14-9-13-10-15(8)11(14)12-6-4-2-1-3-5-6/h1-5,9-10,13H,8H2. The van der Waals surface area contributed by atoms with E-state index in [1.807, 2.05) is 30.3 Å². The Balaban J connectivity index is 2.03. The van der Waals surface area contributed by atoms with E-state index in [1.54, 1.807) is 4.60 Å². The predicted molar refractivity (Wildman–Crippen MR) is 67.4 cm³/mol. The maximum atomic E-state index is 6.09. The number of nitrogens with two attached hydrogens (primary N) is 1. The van der Waals surface area contributed by atoms with Crippen molar-refractivity contribution < 1.29 is 4.84 Å². The Morgan fingerprint density at radius 1 is 1.33 bits per heavy atom. The van der Waals surface area contributed by atoms with Gasteiger partial charge in [-0.25, -0.2) is 9.72 Å². The van der Waals surface area contributed by atoms with Crippen LogP contribution in [-0.4, -0.2) is 4.60 Å². The number of hydrogen-bond acceptors (Lipinski definition) is 5.